The summed E-state index contributed by atoms with van der Waals surface area (Å²) in [6.07, 6.45) is -4.61. The summed E-state index contributed by atoms with van der Waals surface area (Å²) in [5, 5.41) is 7.26. The third-order valence-electron chi connectivity index (χ3n) is 5.96. The highest BCUT2D eigenvalue weighted by atomic mass is 32.1. The maximum absolute atomic E-state index is 13.6. The van der Waals surface area contributed by atoms with Crippen LogP contribution in [-0.4, -0.2) is 54.3 Å². The molecule has 2 aromatic carbocycles. The number of halogens is 4. The van der Waals surface area contributed by atoms with Gasteiger partial charge in [0.1, 0.15) is 12.0 Å². The van der Waals surface area contributed by atoms with Gasteiger partial charge in [0, 0.05) is 32.7 Å². The van der Waals surface area contributed by atoms with E-state index >= 15 is 0 Å². The van der Waals surface area contributed by atoms with Crippen LogP contribution in [0.2, 0.25) is 0 Å². The molecule has 10 heteroatoms. The Balaban J connectivity index is 1.34. The van der Waals surface area contributed by atoms with Crippen molar-refractivity contribution in [3.05, 3.63) is 81.8 Å². The molecule has 0 radical (unpaired) electrons. The molecule has 1 atom stereocenters. The average Bonchev–Trinajstić information content (AvgIpc) is 3.39. The molecular weight excluding hydrogens is 482 g/mol. The lowest BCUT2D eigenvalue weighted by molar-refractivity contribution is -0.138. The van der Waals surface area contributed by atoms with Gasteiger partial charge in [-0.15, -0.1) is 0 Å². The Kier molecular flexibility index (Phi) is 7.63. The summed E-state index contributed by atoms with van der Waals surface area (Å²) in [6.45, 7) is 1.26. The Morgan fingerprint density at radius 2 is 1.74 bits per heavy atom. The lowest BCUT2D eigenvalue weighted by Crippen LogP contribution is -2.56. The molecule has 0 bridgehead atoms. The summed E-state index contributed by atoms with van der Waals surface area (Å²) in [7, 11) is 0. The molecule has 3 aromatic rings. The second-order valence-electron chi connectivity index (χ2n) is 8.19. The van der Waals surface area contributed by atoms with Crippen molar-refractivity contribution >= 4 is 23.5 Å². The number of aldehydes is 1. The van der Waals surface area contributed by atoms with Gasteiger partial charge in [-0.3, -0.25) is 15.0 Å². The van der Waals surface area contributed by atoms with Crippen molar-refractivity contribution in [3.63, 3.8) is 0 Å². The number of nitrogens with zero attached hydrogens (tertiary/aromatic N) is 2. The van der Waals surface area contributed by atoms with Gasteiger partial charge in [0.2, 0.25) is 0 Å². The van der Waals surface area contributed by atoms with Crippen LogP contribution in [0.5, 0.6) is 0 Å². The number of amides is 1. The predicted octanol–water partition coefficient (Wildman–Crippen LogP) is 4.65. The quantitative estimate of drug-likeness (QED) is 0.375. The Bertz CT molecular complexity index is 1160. The lowest BCUT2D eigenvalue weighted by atomic mass is 10.0. The zero-order chi connectivity index (χ0) is 25.0. The molecule has 2 heterocycles. The van der Waals surface area contributed by atoms with Gasteiger partial charge in [0.05, 0.1) is 11.1 Å². The smallest absolute Gasteiger partial charge is 0.336 e. The van der Waals surface area contributed by atoms with Gasteiger partial charge in [-0.25, -0.2) is 4.39 Å². The van der Waals surface area contributed by atoms with E-state index in [-0.39, 0.29) is 26.2 Å². The van der Waals surface area contributed by atoms with Crippen LogP contribution < -0.4 is 5.32 Å². The zero-order valence-electron chi connectivity index (χ0n) is 18.6. The fourth-order valence-corrected chi connectivity index (χ4v) is 4.71. The van der Waals surface area contributed by atoms with Gasteiger partial charge in [-0.05, 0) is 51.7 Å². The summed E-state index contributed by atoms with van der Waals surface area (Å²) < 4.78 is 53.5. The minimum absolute atomic E-state index is 0.119. The molecule has 1 N–H and O–H groups in total. The summed E-state index contributed by atoms with van der Waals surface area (Å²) in [5.41, 5.74) is 1.38. The second-order valence-corrected chi connectivity index (χ2v) is 8.97. The number of benzene rings is 2. The first-order valence-electron chi connectivity index (χ1n) is 11.0. The Hall–Kier alpha value is -3.08. The average molecular weight is 506 g/mol. The summed E-state index contributed by atoms with van der Waals surface area (Å²) in [5.74, 6) is -1.79. The first kappa shape index (κ1) is 25.0. The van der Waals surface area contributed by atoms with E-state index in [1.165, 1.54) is 4.90 Å². The first-order valence-corrected chi connectivity index (χ1v) is 11.9. The third kappa shape index (κ3) is 5.95. The largest absolute Gasteiger partial charge is 0.417 e. The second kappa shape index (κ2) is 10.7. The normalized spacial score (nSPS) is 15.7. The van der Waals surface area contributed by atoms with Crippen molar-refractivity contribution in [1.29, 1.82) is 0 Å². The van der Waals surface area contributed by atoms with Crippen LogP contribution in [-0.2, 0) is 17.5 Å². The number of carbonyl (C=O) groups is 2. The van der Waals surface area contributed by atoms with E-state index in [1.807, 2.05) is 40.6 Å². The number of nitrogens with one attached hydrogen (secondary N) is 1. The van der Waals surface area contributed by atoms with E-state index in [0.717, 1.165) is 23.0 Å². The summed E-state index contributed by atoms with van der Waals surface area (Å²) in [4.78, 5) is 27.5. The molecule has 1 saturated heterocycles. The maximum Gasteiger partial charge on any atom is 0.417 e. The van der Waals surface area contributed by atoms with Gasteiger partial charge >= 0.3 is 6.18 Å². The van der Waals surface area contributed by atoms with E-state index in [0.29, 0.717) is 24.7 Å². The van der Waals surface area contributed by atoms with Gasteiger partial charge in [-0.2, -0.15) is 24.5 Å². The van der Waals surface area contributed by atoms with Crippen molar-refractivity contribution in [1.82, 2.24) is 15.1 Å². The number of hydrogen-bond donors (Lipinski definition) is 1. The van der Waals surface area contributed by atoms with Crippen molar-refractivity contribution in [3.8, 4) is 11.1 Å². The van der Waals surface area contributed by atoms with Crippen LogP contribution in [0.1, 0.15) is 21.5 Å². The third-order valence-corrected chi connectivity index (χ3v) is 6.65. The van der Waals surface area contributed by atoms with Crippen molar-refractivity contribution in [2.24, 2.45) is 0 Å². The molecule has 0 spiro atoms. The minimum Gasteiger partial charge on any atom is -0.336 e. The zero-order valence-corrected chi connectivity index (χ0v) is 19.4. The standard InChI is InChI=1S/C25H23F4N3O2S/c26-20-5-6-22(25(27,28)29)21(13-20)24(34)32-10-8-31(9-11-32)23(15-33)30-14-17-1-3-18(4-2-17)19-7-12-35-16-19/h1-7,12-13,15-16,23,30H,8-11,14H2. The Morgan fingerprint density at radius 1 is 1.03 bits per heavy atom. The molecule has 0 aliphatic carbocycles. The van der Waals surface area contributed by atoms with Crippen LogP contribution in [0.4, 0.5) is 17.6 Å². The number of hydrogen-bond acceptors (Lipinski definition) is 5. The van der Waals surface area contributed by atoms with Gasteiger partial charge in [0.15, 0.2) is 6.29 Å². The van der Waals surface area contributed by atoms with Crippen LogP contribution in [0, 0.1) is 5.82 Å². The molecule has 1 aliphatic heterocycles. The highest BCUT2D eigenvalue weighted by Gasteiger charge is 2.37. The molecule has 1 aromatic heterocycles. The molecule has 5 nitrogen and oxygen atoms in total. The lowest BCUT2D eigenvalue weighted by Gasteiger charge is -2.38. The van der Waals surface area contributed by atoms with E-state index in [2.05, 4.69) is 10.7 Å². The van der Waals surface area contributed by atoms with Gasteiger partial charge in [0.25, 0.3) is 5.91 Å². The molecular formula is C25H23F4N3O2S. The predicted molar refractivity (Wildman–Crippen MR) is 125 cm³/mol. The number of piperazine rings is 1. The first-order chi connectivity index (χ1) is 16.8. The molecule has 1 unspecified atom stereocenters. The molecule has 1 aliphatic rings. The monoisotopic (exact) mass is 505 g/mol. The SMILES string of the molecule is O=CC(NCc1ccc(-c2ccsc2)cc1)N1CCN(C(=O)c2cc(F)ccc2C(F)(F)F)CC1. The van der Waals surface area contributed by atoms with Crippen molar-refractivity contribution < 1.29 is 27.2 Å². The molecule has 1 amide bonds. The van der Waals surface area contributed by atoms with Crippen LogP contribution in [0.3, 0.4) is 0 Å². The van der Waals surface area contributed by atoms with Gasteiger partial charge in [-0.1, -0.05) is 24.3 Å². The van der Waals surface area contributed by atoms with Crippen molar-refractivity contribution in [2.45, 2.75) is 18.9 Å². The Morgan fingerprint density at radius 3 is 2.34 bits per heavy atom. The van der Waals surface area contributed by atoms with Crippen LogP contribution >= 0.6 is 11.3 Å². The maximum atomic E-state index is 13.6. The van der Waals surface area contributed by atoms with E-state index in [9.17, 15) is 27.2 Å². The fourth-order valence-electron chi connectivity index (χ4n) is 4.04. The molecule has 4 rings (SSSR count). The molecule has 35 heavy (non-hydrogen) atoms. The number of carbonyl (C=O) groups excluding carboxylic acids is 2. The topological polar surface area (TPSA) is 52.7 Å². The Labute approximate surface area is 204 Å². The van der Waals surface area contributed by atoms with E-state index in [4.69, 9.17) is 0 Å². The molecule has 0 saturated carbocycles. The number of alkyl halides is 3. The van der Waals surface area contributed by atoms with Gasteiger partial charge < -0.3 is 9.69 Å². The van der Waals surface area contributed by atoms with Crippen LogP contribution in [0.25, 0.3) is 11.1 Å². The summed E-state index contributed by atoms with van der Waals surface area (Å²) in [6, 6.07) is 11.9. The summed E-state index contributed by atoms with van der Waals surface area (Å²) >= 11 is 1.63. The highest BCUT2D eigenvalue weighted by Crippen LogP contribution is 2.33. The van der Waals surface area contributed by atoms with E-state index < -0.39 is 35.2 Å². The fraction of sp³-hybridized carbons (Fsp3) is 0.280. The molecule has 184 valence electrons. The van der Waals surface area contributed by atoms with Crippen molar-refractivity contribution in [2.75, 3.05) is 26.2 Å². The van der Waals surface area contributed by atoms with Crippen LogP contribution in [0.15, 0.2) is 59.3 Å². The van der Waals surface area contributed by atoms with E-state index in [1.54, 1.807) is 11.3 Å². The number of rotatable bonds is 7. The highest BCUT2D eigenvalue weighted by molar-refractivity contribution is 7.08. The minimum atomic E-state index is -4.77. The molecule has 1 fully saturated rings. The number of thiophene rings is 1.